The van der Waals surface area contributed by atoms with E-state index in [1.54, 1.807) is 18.2 Å². The SMILES string of the molecule is COc1cc(C=C2SC(=NC3CCCCC3)NC2=O)ccc1OCc1ccc(C(F)(F)F)cc1C(F)(F)F. The third-order valence-electron chi connectivity index (χ3n) is 6.14. The van der Waals surface area contributed by atoms with Gasteiger partial charge in [-0.05, 0) is 60.5 Å². The van der Waals surface area contributed by atoms with Crippen LogP contribution in [0.2, 0.25) is 0 Å². The summed E-state index contributed by atoms with van der Waals surface area (Å²) in [6, 6.07) is 6.19. The molecular formula is C26H24F6N2O3S. The number of benzene rings is 2. The summed E-state index contributed by atoms with van der Waals surface area (Å²) >= 11 is 1.23. The number of nitrogens with one attached hydrogen (secondary N) is 1. The molecule has 2 fully saturated rings. The Morgan fingerprint density at radius 3 is 2.39 bits per heavy atom. The molecule has 5 nitrogen and oxygen atoms in total. The maximum Gasteiger partial charge on any atom is 0.416 e. The summed E-state index contributed by atoms with van der Waals surface area (Å²) in [5.74, 6) is -0.0177. The van der Waals surface area contributed by atoms with E-state index in [2.05, 4.69) is 10.3 Å². The van der Waals surface area contributed by atoms with Crippen LogP contribution >= 0.6 is 11.8 Å². The number of thioether (sulfide) groups is 1. The predicted molar refractivity (Wildman–Crippen MR) is 132 cm³/mol. The van der Waals surface area contributed by atoms with Gasteiger partial charge in [-0.1, -0.05) is 31.4 Å². The van der Waals surface area contributed by atoms with Crippen LogP contribution in [0.3, 0.4) is 0 Å². The van der Waals surface area contributed by atoms with E-state index in [0.717, 1.165) is 31.7 Å². The number of hydrogen-bond donors (Lipinski definition) is 1. The fourth-order valence-corrected chi connectivity index (χ4v) is 5.10. The summed E-state index contributed by atoms with van der Waals surface area (Å²) in [6.45, 7) is -0.636. The molecule has 1 N–H and O–H groups in total. The highest BCUT2D eigenvalue weighted by atomic mass is 32.2. The van der Waals surface area contributed by atoms with Crippen LogP contribution in [0.25, 0.3) is 6.08 Å². The second-order valence-electron chi connectivity index (χ2n) is 8.86. The lowest BCUT2D eigenvalue weighted by atomic mass is 9.96. The summed E-state index contributed by atoms with van der Waals surface area (Å²) < 4.78 is 89.8. The fraction of sp³-hybridized carbons (Fsp3) is 0.385. The van der Waals surface area contributed by atoms with Crippen molar-refractivity contribution in [2.75, 3.05) is 7.11 Å². The zero-order chi connectivity index (χ0) is 27.5. The van der Waals surface area contributed by atoms with Crippen LogP contribution in [0.1, 0.15) is 54.4 Å². The third-order valence-corrected chi connectivity index (χ3v) is 7.06. The van der Waals surface area contributed by atoms with Gasteiger partial charge in [0.05, 0.1) is 29.2 Å². The summed E-state index contributed by atoms with van der Waals surface area (Å²) in [5.41, 5.74) is -2.70. The quantitative estimate of drug-likeness (QED) is 0.301. The Bertz CT molecular complexity index is 1250. The summed E-state index contributed by atoms with van der Waals surface area (Å²) in [4.78, 5) is 17.5. The van der Waals surface area contributed by atoms with Gasteiger partial charge in [-0.25, -0.2) is 0 Å². The molecule has 38 heavy (non-hydrogen) atoms. The molecule has 2 aromatic rings. The van der Waals surface area contributed by atoms with Crippen molar-refractivity contribution in [1.82, 2.24) is 5.32 Å². The number of carbonyl (C=O) groups is 1. The largest absolute Gasteiger partial charge is 0.493 e. The topological polar surface area (TPSA) is 59.9 Å². The van der Waals surface area contributed by atoms with Gasteiger partial charge >= 0.3 is 12.4 Å². The highest BCUT2D eigenvalue weighted by Crippen LogP contribution is 2.38. The highest BCUT2D eigenvalue weighted by Gasteiger charge is 2.38. The number of ether oxygens (including phenoxy) is 2. The Hall–Kier alpha value is -3.15. The number of halogens is 6. The maximum atomic E-state index is 13.4. The van der Waals surface area contributed by atoms with Crippen molar-refractivity contribution in [2.45, 2.75) is 57.1 Å². The summed E-state index contributed by atoms with van der Waals surface area (Å²) in [6.07, 6.45) is -2.86. The Morgan fingerprint density at radius 2 is 1.74 bits per heavy atom. The molecule has 0 spiro atoms. The van der Waals surface area contributed by atoms with Crippen LogP contribution in [-0.2, 0) is 23.8 Å². The molecule has 0 atom stereocenters. The zero-order valence-electron chi connectivity index (χ0n) is 20.2. The molecule has 204 valence electrons. The first-order chi connectivity index (χ1) is 17.9. The molecule has 2 aliphatic rings. The summed E-state index contributed by atoms with van der Waals surface area (Å²) in [7, 11) is 1.34. The number of amidine groups is 1. The predicted octanol–water partition coefficient (Wildman–Crippen LogP) is 7.20. The summed E-state index contributed by atoms with van der Waals surface area (Å²) in [5, 5.41) is 3.32. The van der Waals surface area contributed by atoms with Gasteiger partial charge in [-0.3, -0.25) is 9.79 Å². The minimum absolute atomic E-state index is 0.0708. The minimum Gasteiger partial charge on any atom is -0.493 e. The van der Waals surface area contributed by atoms with Crippen LogP contribution in [0.5, 0.6) is 11.5 Å². The van der Waals surface area contributed by atoms with E-state index in [9.17, 15) is 31.1 Å². The molecule has 1 saturated carbocycles. The van der Waals surface area contributed by atoms with Gasteiger partial charge < -0.3 is 14.8 Å². The fourth-order valence-electron chi connectivity index (χ4n) is 4.21. The monoisotopic (exact) mass is 558 g/mol. The van der Waals surface area contributed by atoms with Crippen molar-refractivity contribution in [3.05, 3.63) is 63.6 Å². The molecule has 1 amide bonds. The molecule has 0 unspecified atom stereocenters. The Morgan fingerprint density at radius 1 is 1.00 bits per heavy atom. The molecule has 1 saturated heterocycles. The number of amides is 1. The van der Waals surface area contributed by atoms with Crippen LogP contribution in [0, 0.1) is 0 Å². The van der Waals surface area contributed by atoms with E-state index in [4.69, 9.17) is 9.47 Å². The molecule has 4 rings (SSSR count). The first kappa shape index (κ1) is 27.9. The second kappa shape index (κ2) is 11.3. The molecule has 0 aromatic heterocycles. The van der Waals surface area contributed by atoms with Gasteiger partial charge in [0.2, 0.25) is 0 Å². The van der Waals surface area contributed by atoms with Crippen molar-refractivity contribution in [2.24, 2.45) is 4.99 Å². The molecule has 12 heteroatoms. The molecule has 1 aliphatic heterocycles. The maximum absolute atomic E-state index is 13.4. The lowest BCUT2D eigenvalue weighted by Gasteiger charge is -2.17. The first-order valence-electron chi connectivity index (χ1n) is 11.8. The number of alkyl halides is 6. The van der Waals surface area contributed by atoms with E-state index in [0.29, 0.717) is 21.7 Å². The van der Waals surface area contributed by atoms with Gasteiger partial charge in [0.15, 0.2) is 16.7 Å². The highest BCUT2D eigenvalue weighted by molar-refractivity contribution is 8.18. The van der Waals surface area contributed by atoms with Crippen molar-refractivity contribution >= 4 is 28.9 Å². The minimum atomic E-state index is -5.00. The second-order valence-corrected chi connectivity index (χ2v) is 9.89. The van der Waals surface area contributed by atoms with Crippen molar-refractivity contribution in [1.29, 1.82) is 0 Å². The van der Waals surface area contributed by atoms with Crippen molar-refractivity contribution < 1.29 is 40.6 Å². The van der Waals surface area contributed by atoms with Crippen LogP contribution in [0.15, 0.2) is 46.3 Å². The van der Waals surface area contributed by atoms with E-state index in [1.807, 2.05) is 0 Å². The lowest BCUT2D eigenvalue weighted by molar-refractivity contribution is -0.143. The average molecular weight is 559 g/mol. The number of methoxy groups -OCH3 is 1. The first-order valence-corrected chi connectivity index (χ1v) is 12.6. The van der Waals surface area contributed by atoms with Crippen LogP contribution in [0.4, 0.5) is 26.3 Å². The lowest BCUT2D eigenvalue weighted by Crippen LogP contribution is -2.22. The Balaban J connectivity index is 1.50. The normalized spacial score (nSPS) is 19.2. The van der Waals surface area contributed by atoms with Gasteiger partial charge in [0.1, 0.15) is 6.61 Å². The van der Waals surface area contributed by atoms with Gasteiger partial charge in [0.25, 0.3) is 5.91 Å². The van der Waals surface area contributed by atoms with Gasteiger partial charge in [-0.15, -0.1) is 0 Å². The van der Waals surface area contributed by atoms with Gasteiger partial charge in [-0.2, -0.15) is 26.3 Å². The van der Waals surface area contributed by atoms with Crippen LogP contribution in [-0.4, -0.2) is 24.2 Å². The smallest absolute Gasteiger partial charge is 0.416 e. The van der Waals surface area contributed by atoms with Crippen molar-refractivity contribution in [3.8, 4) is 11.5 Å². The number of aliphatic imine (C=N–C) groups is 1. The van der Waals surface area contributed by atoms with E-state index < -0.39 is 35.6 Å². The molecular weight excluding hydrogens is 534 g/mol. The number of hydrogen-bond acceptors (Lipinski definition) is 5. The van der Waals surface area contributed by atoms with Gasteiger partial charge in [0, 0.05) is 5.56 Å². The molecule has 0 radical (unpaired) electrons. The number of nitrogens with zero attached hydrogens (tertiary/aromatic N) is 1. The Labute approximate surface area is 219 Å². The zero-order valence-corrected chi connectivity index (χ0v) is 21.0. The molecule has 1 heterocycles. The third kappa shape index (κ3) is 6.83. The average Bonchev–Trinajstić information content (AvgIpc) is 3.20. The number of carbonyl (C=O) groups excluding carboxylic acids is 1. The van der Waals surface area contributed by atoms with E-state index >= 15 is 0 Å². The Kier molecular flexibility index (Phi) is 8.29. The van der Waals surface area contributed by atoms with E-state index in [-0.39, 0.29) is 29.5 Å². The standard InChI is InChI=1S/C26H24F6N2O3S/c1-36-21-11-15(12-22-23(35)34-24(38-22)33-18-5-3-2-4-6-18)7-10-20(21)37-14-16-8-9-17(25(27,28)29)13-19(16)26(30,31)32/h7-13,18H,2-6,14H2,1H3,(H,33,34,35). The van der Waals surface area contributed by atoms with Crippen LogP contribution < -0.4 is 14.8 Å². The molecule has 1 aliphatic carbocycles. The molecule has 2 aromatic carbocycles. The van der Waals surface area contributed by atoms with E-state index in [1.165, 1.54) is 31.4 Å². The van der Waals surface area contributed by atoms with Crippen molar-refractivity contribution in [3.63, 3.8) is 0 Å². The number of rotatable bonds is 6. The molecule has 0 bridgehead atoms.